The Morgan fingerprint density at radius 3 is 2.59 bits per heavy atom. The molecule has 0 fully saturated rings. The number of rotatable bonds is 3. The molecule has 0 spiro atoms. The summed E-state index contributed by atoms with van der Waals surface area (Å²) in [5.74, 6) is 0.629. The maximum atomic E-state index is 13.7. The molecule has 0 saturated carbocycles. The third-order valence-corrected chi connectivity index (χ3v) is 6.43. The van der Waals surface area contributed by atoms with E-state index in [1.165, 1.54) is 10.9 Å². The van der Waals surface area contributed by atoms with Crippen molar-refractivity contribution >= 4 is 28.0 Å². The molecule has 0 saturated heterocycles. The van der Waals surface area contributed by atoms with Crippen LogP contribution >= 0.6 is 11.8 Å². The van der Waals surface area contributed by atoms with E-state index < -0.39 is 11.9 Å². The van der Waals surface area contributed by atoms with Crippen LogP contribution < -0.4 is 0 Å². The molecule has 0 bridgehead atoms. The van der Waals surface area contributed by atoms with E-state index in [1.807, 2.05) is 12.1 Å². The van der Waals surface area contributed by atoms with Gasteiger partial charge in [0.2, 0.25) is 5.12 Å². The van der Waals surface area contributed by atoms with Crippen LogP contribution in [0.1, 0.15) is 27.4 Å². The molecule has 3 heterocycles. The molecule has 6 nitrogen and oxygen atoms in total. The molecular formula is C24H14F3N3O3S. The topological polar surface area (TPSA) is 74.1 Å². The Hall–Kier alpha value is -3.79. The van der Waals surface area contributed by atoms with E-state index in [2.05, 4.69) is 10.1 Å². The molecule has 34 heavy (non-hydrogen) atoms. The average Bonchev–Trinajstić information content (AvgIpc) is 3.54. The van der Waals surface area contributed by atoms with E-state index in [9.17, 15) is 18.0 Å². The number of hydrogen-bond donors (Lipinski definition) is 0. The van der Waals surface area contributed by atoms with Gasteiger partial charge >= 0.3 is 6.18 Å². The quantitative estimate of drug-likeness (QED) is 0.281. The predicted molar refractivity (Wildman–Crippen MR) is 118 cm³/mol. The van der Waals surface area contributed by atoms with Gasteiger partial charge in [-0.05, 0) is 48.9 Å². The van der Waals surface area contributed by atoms with Gasteiger partial charge in [0, 0.05) is 34.9 Å². The number of para-hydroxylation sites is 2. The van der Waals surface area contributed by atoms with Crippen LogP contribution in [0.2, 0.25) is 0 Å². The molecule has 0 radical (unpaired) electrons. The minimum absolute atomic E-state index is 0.146. The number of benzene rings is 2. The maximum Gasteiger partial charge on any atom is 0.435 e. The summed E-state index contributed by atoms with van der Waals surface area (Å²) < 4.78 is 53.4. The molecule has 0 aliphatic heterocycles. The zero-order valence-electron chi connectivity index (χ0n) is 17.3. The lowest BCUT2D eigenvalue weighted by molar-refractivity contribution is -0.142. The fourth-order valence-corrected chi connectivity index (χ4v) is 4.82. The number of furan rings is 1. The highest BCUT2D eigenvalue weighted by atomic mass is 32.2. The highest BCUT2D eigenvalue weighted by Crippen LogP contribution is 2.42. The molecule has 3 aromatic heterocycles. The third-order valence-electron chi connectivity index (χ3n) is 5.66. The van der Waals surface area contributed by atoms with E-state index in [0.717, 1.165) is 11.8 Å². The van der Waals surface area contributed by atoms with E-state index in [0.29, 0.717) is 45.8 Å². The number of nitrogens with zero attached hydrogens (tertiary/aromatic N) is 3. The van der Waals surface area contributed by atoms with E-state index >= 15 is 0 Å². The van der Waals surface area contributed by atoms with Gasteiger partial charge < -0.3 is 8.83 Å². The van der Waals surface area contributed by atoms with Crippen LogP contribution in [-0.2, 0) is 19.0 Å². The van der Waals surface area contributed by atoms with Gasteiger partial charge in [-0.15, -0.1) is 0 Å². The molecular weight excluding hydrogens is 467 g/mol. The Labute approximate surface area is 194 Å². The molecule has 6 rings (SSSR count). The van der Waals surface area contributed by atoms with Crippen molar-refractivity contribution in [3.8, 4) is 16.9 Å². The molecule has 1 aliphatic carbocycles. The lowest BCUT2D eigenvalue weighted by Gasteiger charge is -2.15. The largest absolute Gasteiger partial charge is 0.469 e. The number of carbonyl (C=O) groups is 1. The van der Waals surface area contributed by atoms with Gasteiger partial charge in [-0.3, -0.25) is 4.79 Å². The number of alkyl halides is 3. The number of aromatic nitrogens is 3. The molecule has 0 N–H and O–H groups in total. The van der Waals surface area contributed by atoms with Crippen molar-refractivity contribution in [1.82, 2.24) is 14.8 Å². The van der Waals surface area contributed by atoms with Crippen molar-refractivity contribution in [3.05, 3.63) is 83.4 Å². The first-order valence-corrected chi connectivity index (χ1v) is 11.1. The third kappa shape index (κ3) is 3.41. The van der Waals surface area contributed by atoms with Crippen molar-refractivity contribution in [2.45, 2.75) is 24.2 Å². The Morgan fingerprint density at radius 1 is 1.03 bits per heavy atom. The molecule has 0 atom stereocenters. The van der Waals surface area contributed by atoms with E-state index in [1.54, 1.807) is 42.5 Å². The Bertz CT molecular complexity index is 1510. The van der Waals surface area contributed by atoms with Crippen molar-refractivity contribution in [3.63, 3.8) is 0 Å². The molecule has 10 heteroatoms. The number of fused-ring (bicyclic) bond motifs is 4. The summed E-state index contributed by atoms with van der Waals surface area (Å²) in [4.78, 5) is 17.0. The van der Waals surface area contributed by atoms with Crippen molar-refractivity contribution in [2.24, 2.45) is 0 Å². The second-order valence-electron chi connectivity index (χ2n) is 7.73. The highest BCUT2D eigenvalue weighted by molar-refractivity contribution is 8.14. The van der Waals surface area contributed by atoms with Gasteiger partial charge in [-0.2, -0.15) is 18.3 Å². The van der Waals surface area contributed by atoms with Gasteiger partial charge in [-0.1, -0.05) is 12.1 Å². The van der Waals surface area contributed by atoms with E-state index in [-0.39, 0.29) is 22.3 Å². The van der Waals surface area contributed by atoms with Gasteiger partial charge in [0.15, 0.2) is 11.3 Å². The summed E-state index contributed by atoms with van der Waals surface area (Å²) in [5.41, 5.74) is 2.19. The van der Waals surface area contributed by atoms with Crippen LogP contribution in [0, 0.1) is 0 Å². The van der Waals surface area contributed by atoms with Crippen LogP contribution in [0.5, 0.6) is 0 Å². The highest BCUT2D eigenvalue weighted by Gasteiger charge is 2.41. The summed E-state index contributed by atoms with van der Waals surface area (Å²) in [5, 5.41) is 3.84. The predicted octanol–water partition coefficient (Wildman–Crippen LogP) is 6.32. The smallest absolute Gasteiger partial charge is 0.435 e. The maximum absolute atomic E-state index is 13.7. The van der Waals surface area contributed by atoms with Crippen LogP contribution in [0.3, 0.4) is 0 Å². The summed E-state index contributed by atoms with van der Waals surface area (Å²) in [6.07, 6.45) is -2.55. The van der Waals surface area contributed by atoms with Crippen LogP contribution in [0.15, 0.2) is 74.9 Å². The second-order valence-corrected chi connectivity index (χ2v) is 8.65. The van der Waals surface area contributed by atoms with Gasteiger partial charge in [-0.25, -0.2) is 9.67 Å². The summed E-state index contributed by atoms with van der Waals surface area (Å²) in [6.45, 7) is 0. The fourth-order valence-electron chi connectivity index (χ4n) is 4.13. The molecule has 5 aromatic rings. The lowest BCUT2D eigenvalue weighted by atomic mass is 9.94. The first-order valence-electron chi connectivity index (χ1n) is 10.3. The van der Waals surface area contributed by atoms with Crippen LogP contribution in [0.4, 0.5) is 13.2 Å². The van der Waals surface area contributed by atoms with Gasteiger partial charge in [0.1, 0.15) is 11.3 Å². The summed E-state index contributed by atoms with van der Waals surface area (Å²) in [7, 11) is 0. The molecule has 0 amide bonds. The molecule has 2 aromatic carbocycles. The number of hydrogen-bond acceptors (Lipinski definition) is 6. The minimum Gasteiger partial charge on any atom is -0.469 e. The zero-order chi connectivity index (χ0) is 23.4. The lowest BCUT2D eigenvalue weighted by Crippen LogP contribution is -2.11. The van der Waals surface area contributed by atoms with Gasteiger partial charge in [0.25, 0.3) is 5.22 Å². The standard InChI is InChI=1S/C24H14F3N3O3S/c25-24(26,27)21-16-9-10-18-15(11-12-32-18)20(16)30(29-21)14-7-5-13(6-8-14)22(31)34-23-28-17-3-1-2-4-19(17)33-23/h1-8,11-12H,9-10H2. The summed E-state index contributed by atoms with van der Waals surface area (Å²) >= 11 is 0.846. The fraction of sp³-hybridized carbons (Fsp3) is 0.125. The first kappa shape index (κ1) is 20.8. The first-order chi connectivity index (χ1) is 16.4. The van der Waals surface area contributed by atoms with Crippen molar-refractivity contribution in [1.29, 1.82) is 0 Å². The molecule has 0 unspecified atom stereocenters. The van der Waals surface area contributed by atoms with E-state index in [4.69, 9.17) is 8.83 Å². The Morgan fingerprint density at radius 2 is 1.82 bits per heavy atom. The zero-order valence-corrected chi connectivity index (χ0v) is 18.1. The van der Waals surface area contributed by atoms with Crippen LogP contribution in [0.25, 0.3) is 28.0 Å². The Kier molecular flexibility index (Phi) is 4.66. The number of carbonyl (C=O) groups excluding carboxylic acids is 1. The number of thioether (sulfide) groups is 1. The SMILES string of the molecule is O=C(Sc1nc2ccccc2o1)c1ccc(-n2nc(C(F)(F)F)c3c2-c2ccoc2CC3)cc1. The normalized spacial score (nSPS) is 13.1. The summed E-state index contributed by atoms with van der Waals surface area (Å²) in [6, 6.07) is 15.1. The molecule has 1 aliphatic rings. The van der Waals surface area contributed by atoms with Crippen molar-refractivity contribution < 1.29 is 26.8 Å². The molecule has 170 valence electrons. The van der Waals surface area contributed by atoms with Gasteiger partial charge in [0.05, 0.1) is 17.6 Å². The van der Waals surface area contributed by atoms with Crippen molar-refractivity contribution in [2.75, 3.05) is 0 Å². The monoisotopic (exact) mass is 481 g/mol. The Balaban J connectivity index is 1.34. The second kappa shape index (κ2) is 7.63. The number of oxazole rings is 1. The minimum atomic E-state index is -4.58. The van der Waals surface area contributed by atoms with Crippen LogP contribution in [-0.4, -0.2) is 19.9 Å². The number of halogens is 3. The average molecular weight is 481 g/mol. The number of aryl methyl sites for hydroxylation is 1.